The van der Waals surface area contributed by atoms with Gasteiger partial charge in [0, 0.05) is 37.0 Å². The van der Waals surface area contributed by atoms with Crippen LogP contribution in [0.15, 0.2) is 41.3 Å². The topological polar surface area (TPSA) is 99.8 Å². The minimum atomic E-state index is -4.94. The number of halogens is 3. The molecule has 1 fully saturated rings. The van der Waals surface area contributed by atoms with Crippen molar-refractivity contribution in [1.29, 1.82) is 0 Å². The summed E-state index contributed by atoms with van der Waals surface area (Å²) in [5.41, 5.74) is 6.14. The van der Waals surface area contributed by atoms with Crippen molar-refractivity contribution in [3.05, 3.63) is 36.3 Å². The number of amidine groups is 1. The van der Waals surface area contributed by atoms with E-state index >= 15 is 0 Å². The summed E-state index contributed by atoms with van der Waals surface area (Å²) in [7, 11) is 0. The molecule has 7 nitrogen and oxygen atoms in total. The molecule has 2 rings (SSSR count). The molecule has 0 radical (unpaired) electrons. The van der Waals surface area contributed by atoms with Crippen LogP contribution in [-0.4, -0.2) is 47.9 Å². The number of alkyl halides is 3. The Kier molecular flexibility index (Phi) is 7.86. The highest BCUT2D eigenvalue weighted by atomic mass is 19.4. The second-order valence-corrected chi connectivity index (χ2v) is 6.91. The van der Waals surface area contributed by atoms with Gasteiger partial charge in [-0.3, -0.25) is 14.5 Å². The van der Waals surface area contributed by atoms with E-state index in [-0.39, 0.29) is 37.3 Å². The lowest BCUT2D eigenvalue weighted by Gasteiger charge is -2.28. The molecule has 160 valence electrons. The van der Waals surface area contributed by atoms with Crippen LogP contribution in [0.4, 0.5) is 13.2 Å². The highest BCUT2D eigenvalue weighted by molar-refractivity contribution is 6.15. The summed E-state index contributed by atoms with van der Waals surface area (Å²) >= 11 is 0. The van der Waals surface area contributed by atoms with E-state index in [1.807, 2.05) is 0 Å². The molecule has 0 bridgehead atoms. The maximum atomic E-state index is 12.3. The Labute approximate surface area is 167 Å². The van der Waals surface area contributed by atoms with E-state index < -0.39 is 12.1 Å². The van der Waals surface area contributed by atoms with E-state index in [9.17, 15) is 22.8 Å². The summed E-state index contributed by atoms with van der Waals surface area (Å²) < 4.78 is 36.7. The Hall–Kier alpha value is -2.78. The van der Waals surface area contributed by atoms with E-state index in [1.54, 1.807) is 5.32 Å². The van der Waals surface area contributed by atoms with Gasteiger partial charge in [0.2, 0.25) is 0 Å². The molecule has 1 aliphatic heterocycles. The van der Waals surface area contributed by atoms with E-state index in [0.717, 1.165) is 25.7 Å². The number of carbonyl (C=O) groups is 2. The summed E-state index contributed by atoms with van der Waals surface area (Å²) in [6.07, 6.45) is 4.81. The van der Waals surface area contributed by atoms with Crippen LogP contribution >= 0.6 is 0 Å². The zero-order valence-corrected chi connectivity index (χ0v) is 16.1. The van der Waals surface area contributed by atoms with Crippen molar-refractivity contribution in [2.45, 2.75) is 50.7 Å². The van der Waals surface area contributed by atoms with Gasteiger partial charge < -0.3 is 16.4 Å². The predicted octanol–water partition coefficient (Wildman–Crippen LogP) is 2.09. The van der Waals surface area contributed by atoms with Crippen LogP contribution in [0.1, 0.15) is 38.5 Å². The van der Waals surface area contributed by atoms with Crippen LogP contribution in [0.5, 0.6) is 0 Å². The number of nitrogens with two attached hydrogens (primary N) is 1. The third-order valence-electron chi connectivity index (χ3n) is 4.68. The molecule has 0 atom stereocenters. The molecule has 1 saturated carbocycles. The fourth-order valence-electron chi connectivity index (χ4n) is 3.24. The van der Waals surface area contributed by atoms with E-state index in [2.05, 4.69) is 16.9 Å². The summed E-state index contributed by atoms with van der Waals surface area (Å²) in [5, 5.41) is 5.03. The molecule has 0 unspecified atom stereocenters. The number of hydrogen-bond acceptors (Lipinski definition) is 5. The maximum absolute atomic E-state index is 12.3. The van der Waals surface area contributed by atoms with E-state index in [4.69, 9.17) is 5.73 Å². The minimum absolute atomic E-state index is 0.0637. The Bertz CT molecular complexity index is 722. The third kappa shape index (κ3) is 6.65. The molecule has 0 aromatic carbocycles. The van der Waals surface area contributed by atoms with Crippen molar-refractivity contribution in [1.82, 2.24) is 15.5 Å². The van der Waals surface area contributed by atoms with Crippen molar-refractivity contribution in [3.8, 4) is 0 Å². The summed E-state index contributed by atoms with van der Waals surface area (Å²) in [6, 6.07) is 0.270. The maximum Gasteiger partial charge on any atom is 0.471 e. The fraction of sp³-hybridized carbons (Fsp3) is 0.526. The first-order chi connectivity index (χ1) is 13.7. The number of hydrogen-bond donors (Lipinski definition) is 3. The lowest BCUT2D eigenvalue weighted by Crippen LogP contribution is -2.43. The second kappa shape index (κ2) is 10.1. The van der Waals surface area contributed by atoms with Gasteiger partial charge in [-0.05, 0) is 25.3 Å². The van der Waals surface area contributed by atoms with Crippen LogP contribution in [-0.2, 0) is 9.59 Å². The lowest BCUT2D eigenvalue weighted by molar-refractivity contribution is -0.173. The number of aliphatic imine (C=N–C) groups is 1. The van der Waals surface area contributed by atoms with Gasteiger partial charge in [0.25, 0.3) is 5.91 Å². The first-order valence-corrected chi connectivity index (χ1v) is 9.53. The number of nitrogens with one attached hydrogen (secondary N) is 2. The number of amides is 2. The Balaban J connectivity index is 2.02. The van der Waals surface area contributed by atoms with Crippen molar-refractivity contribution in [2.24, 2.45) is 10.7 Å². The van der Waals surface area contributed by atoms with Crippen LogP contribution in [0.2, 0.25) is 0 Å². The molecule has 0 aromatic heterocycles. The molecule has 2 amide bonds. The molecule has 0 aromatic rings. The molecular weight excluding hydrogens is 387 g/mol. The number of carbonyl (C=O) groups excluding carboxylic acids is 2. The van der Waals surface area contributed by atoms with Crippen molar-refractivity contribution in [2.75, 3.05) is 13.1 Å². The second-order valence-electron chi connectivity index (χ2n) is 6.91. The third-order valence-corrected chi connectivity index (χ3v) is 4.68. The van der Waals surface area contributed by atoms with E-state index in [1.165, 1.54) is 29.7 Å². The van der Waals surface area contributed by atoms with Crippen LogP contribution < -0.4 is 16.4 Å². The molecule has 0 spiro atoms. The van der Waals surface area contributed by atoms with Gasteiger partial charge in [0.1, 0.15) is 11.7 Å². The smallest absolute Gasteiger partial charge is 0.404 e. The van der Waals surface area contributed by atoms with Crippen LogP contribution in [0.25, 0.3) is 0 Å². The Morgan fingerprint density at radius 2 is 2.00 bits per heavy atom. The van der Waals surface area contributed by atoms with Crippen molar-refractivity contribution in [3.63, 3.8) is 0 Å². The summed E-state index contributed by atoms with van der Waals surface area (Å²) in [5.74, 6) is -1.72. The SMILES string of the molecule is C=C(/N=C1\C(=C/N)C=CC(=O)N1CCCNC(=O)C(F)(F)F)NC1CCCCC1. The van der Waals surface area contributed by atoms with Crippen LogP contribution in [0.3, 0.4) is 0 Å². The zero-order valence-electron chi connectivity index (χ0n) is 16.1. The Morgan fingerprint density at radius 1 is 1.31 bits per heavy atom. The average Bonchev–Trinajstić information content (AvgIpc) is 2.67. The fourth-order valence-corrected chi connectivity index (χ4v) is 3.24. The van der Waals surface area contributed by atoms with Gasteiger partial charge in [-0.2, -0.15) is 13.2 Å². The predicted molar refractivity (Wildman–Crippen MR) is 103 cm³/mol. The highest BCUT2D eigenvalue weighted by Gasteiger charge is 2.38. The average molecular weight is 413 g/mol. The minimum Gasteiger partial charge on any atom is -0.404 e. The highest BCUT2D eigenvalue weighted by Crippen LogP contribution is 2.20. The summed E-state index contributed by atoms with van der Waals surface area (Å²) in [6.45, 7) is 3.74. The van der Waals surface area contributed by atoms with Gasteiger partial charge in [-0.15, -0.1) is 0 Å². The van der Waals surface area contributed by atoms with Gasteiger partial charge >= 0.3 is 12.1 Å². The van der Waals surface area contributed by atoms with Gasteiger partial charge in [-0.25, -0.2) is 4.99 Å². The van der Waals surface area contributed by atoms with Crippen molar-refractivity contribution >= 4 is 17.6 Å². The molecule has 4 N–H and O–H groups in total. The summed E-state index contributed by atoms with van der Waals surface area (Å²) in [4.78, 5) is 28.9. The molecule has 1 heterocycles. The monoisotopic (exact) mass is 413 g/mol. The quantitative estimate of drug-likeness (QED) is 0.557. The lowest BCUT2D eigenvalue weighted by atomic mass is 9.96. The van der Waals surface area contributed by atoms with Crippen LogP contribution in [0, 0.1) is 0 Å². The standard InChI is InChI=1S/C19H26F3N5O2/c1-13(25-15-6-3-2-4-7-15)26-17-14(12-23)8-9-16(28)27(17)11-5-10-24-18(29)19(20,21)22/h8-9,12,15,25H,1-7,10-11,23H2,(H,24,29)/b14-12-,26-17+. The van der Waals surface area contributed by atoms with Crippen molar-refractivity contribution < 1.29 is 22.8 Å². The zero-order chi connectivity index (χ0) is 21.4. The number of rotatable bonds is 7. The van der Waals surface area contributed by atoms with Gasteiger partial charge in [0.05, 0.1) is 0 Å². The first-order valence-electron chi connectivity index (χ1n) is 9.53. The molecular formula is C19H26F3N5O2. The molecule has 2 aliphatic rings. The molecule has 1 aliphatic carbocycles. The molecule has 0 saturated heterocycles. The Morgan fingerprint density at radius 3 is 2.62 bits per heavy atom. The molecule has 29 heavy (non-hydrogen) atoms. The first kappa shape index (κ1) is 22.5. The number of nitrogens with zero attached hydrogens (tertiary/aromatic N) is 2. The normalized spacial score (nSPS) is 20.9. The molecule has 10 heteroatoms. The van der Waals surface area contributed by atoms with Gasteiger partial charge in [-0.1, -0.05) is 25.8 Å². The largest absolute Gasteiger partial charge is 0.471 e. The van der Waals surface area contributed by atoms with Gasteiger partial charge in [0.15, 0.2) is 0 Å². The van der Waals surface area contributed by atoms with E-state index in [0.29, 0.717) is 11.4 Å².